The number of carbonyl (C=O) groups excluding carboxylic acids is 1. The van der Waals surface area contributed by atoms with E-state index in [1.54, 1.807) is 0 Å². The van der Waals surface area contributed by atoms with Crippen LogP contribution in [0.3, 0.4) is 0 Å². The molecule has 1 aromatic rings. The van der Waals surface area contributed by atoms with Crippen LogP contribution in [0.2, 0.25) is 0 Å². The zero-order chi connectivity index (χ0) is 13.0. The molecule has 2 rings (SSSR count). The van der Waals surface area contributed by atoms with Gasteiger partial charge in [-0.15, -0.1) is 0 Å². The highest BCUT2D eigenvalue weighted by molar-refractivity contribution is 5.95. The Balaban J connectivity index is 2.16. The third-order valence-corrected chi connectivity index (χ3v) is 3.34. The van der Waals surface area contributed by atoms with Gasteiger partial charge in [0.2, 0.25) is 0 Å². The summed E-state index contributed by atoms with van der Waals surface area (Å²) in [5.74, 6) is 0.174. The number of hydrogen-bond acceptors (Lipinski definition) is 2. The van der Waals surface area contributed by atoms with Gasteiger partial charge in [0.15, 0.2) is 0 Å². The van der Waals surface area contributed by atoms with Gasteiger partial charge in [-0.1, -0.05) is 13.8 Å². The molecule has 1 aliphatic rings. The zero-order valence-corrected chi connectivity index (χ0v) is 11.3. The Labute approximate surface area is 109 Å². The first kappa shape index (κ1) is 12.9. The molecule has 98 valence electrons. The molecule has 1 aromatic carbocycles. The maximum Gasteiger partial charge on any atom is 0.253 e. The molecule has 1 heterocycles. The lowest BCUT2D eigenvalue weighted by Gasteiger charge is -2.21. The second-order valence-corrected chi connectivity index (χ2v) is 4.84. The summed E-state index contributed by atoms with van der Waals surface area (Å²) in [6.45, 7) is 6.91. The number of anilines is 1. The van der Waals surface area contributed by atoms with E-state index in [0.29, 0.717) is 0 Å². The molecule has 3 nitrogen and oxygen atoms in total. The molecule has 0 radical (unpaired) electrons. The summed E-state index contributed by atoms with van der Waals surface area (Å²) < 4.78 is 0. The predicted octanol–water partition coefficient (Wildman–Crippen LogP) is 2.92. The standard InChI is InChI=1S/C15H22N2O/c1-3-9-17(10-4-2)15(18)13-5-6-14-12(11-13)7-8-16-14/h5-6,11,16H,3-4,7-10H2,1-2H3. The molecule has 1 aliphatic heterocycles. The zero-order valence-electron chi connectivity index (χ0n) is 11.3. The Hall–Kier alpha value is -1.51. The van der Waals surface area contributed by atoms with Crippen LogP contribution in [0.15, 0.2) is 18.2 Å². The Morgan fingerprint density at radius 3 is 2.67 bits per heavy atom. The van der Waals surface area contributed by atoms with E-state index in [-0.39, 0.29) is 5.91 Å². The average Bonchev–Trinajstić information content (AvgIpc) is 2.84. The summed E-state index contributed by atoms with van der Waals surface area (Å²) in [4.78, 5) is 14.4. The van der Waals surface area contributed by atoms with Gasteiger partial charge in [-0.05, 0) is 43.0 Å². The Morgan fingerprint density at radius 1 is 1.28 bits per heavy atom. The van der Waals surface area contributed by atoms with E-state index < -0.39 is 0 Å². The van der Waals surface area contributed by atoms with Gasteiger partial charge in [0.1, 0.15) is 0 Å². The van der Waals surface area contributed by atoms with Gasteiger partial charge in [-0.2, -0.15) is 0 Å². The molecule has 3 heteroatoms. The van der Waals surface area contributed by atoms with Gasteiger partial charge in [-0.3, -0.25) is 4.79 Å². The third-order valence-electron chi connectivity index (χ3n) is 3.34. The van der Waals surface area contributed by atoms with Crippen molar-refractivity contribution in [1.29, 1.82) is 0 Å². The Morgan fingerprint density at radius 2 is 2.00 bits per heavy atom. The summed E-state index contributed by atoms with van der Waals surface area (Å²) in [5, 5.41) is 3.32. The lowest BCUT2D eigenvalue weighted by atomic mass is 10.1. The van der Waals surface area contributed by atoms with Gasteiger partial charge >= 0.3 is 0 Å². The fourth-order valence-electron chi connectivity index (χ4n) is 2.48. The minimum Gasteiger partial charge on any atom is -0.384 e. The molecule has 0 unspecified atom stereocenters. The van der Waals surface area contributed by atoms with E-state index in [0.717, 1.165) is 44.5 Å². The summed E-state index contributed by atoms with van der Waals surface area (Å²) in [6, 6.07) is 6.03. The van der Waals surface area contributed by atoms with E-state index in [4.69, 9.17) is 0 Å². The number of benzene rings is 1. The summed E-state index contributed by atoms with van der Waals surface area (Å²) in [7, 11) is 0. The van der Waals surface area contributed by atoms with E-state index >= 15 is 0 Å². The highest BCUT2D eigenvalue weighted by atomic mass is 16.2. The number of amides is 1. The molecule has 0 saturated heterocycles. The SMILES string of the molecule is CCCN(CCC)C(=O)c1ccc2c(c1)CCN2. The van der Waals surface area contributed by atoms with Crippen molar-refractivity contribution >= 4 is 11.6 Å². The lowest BCUT2D eigenvalue weighted by molar-refractivity contribution is 0.0755. The summed E-state index contributed by atoms with van der Waals surface area (Å²) in [5.41, 5.74) is 3.29. The number of hydrogen-bond donors (Lipinski definition) is 1. The monoisotopic (exact) mass is 246 g/mol. The molecule has 1 N–H and O–H groups in total. The van der Waals surface area contributed by atoms with Crippen LogP contribution in [0.4, 0.5) is 5.69 Å². The van der Waals surface area contributed by atoms with Gasteiger partial charge in [0, 0.05) is 30.9 Å². The highest BCUT2D eigenvalue weighted by Crippen LogP contribution is 2.23. The fraction of sp³-hybridized carbons (Fsp3) is 0.533. The maximum absolute atomic E-state index is 12.4. The number of fused-ring (bicyclic) bond motifs is 1. The first-order valence-corrected chi connectivity index (χ1v) is 6.92. The predicted molar refractivity (Wildman–Crippen MR) is 75.1 cm³/mol. The molecule has 0 aliphatic carbocycles. The molecule has 0 saturated carbocycles. The number of nitrogens with one attached hydrogen (secondary N) is 1. The molecule has 0 atom stereocenters. The minimum absolute atomic E-state index is 0.174. The molecule has 0 spiro atoms. The van der Waals surface area contributed by atoms with Gasteiger partial charge < -0.3 is 10.2 Å². The van der Waals surface area contributed by atoms with E-state index in [2.05, 4.69) is 25.2 Å². The molecule has 0 aromatic heterocycles. The van der Waals surface area contributed by atoms with Crippen molar-refractivity contribution in [3.05, 3.63) is 29.3 Å². The van der Waals surface area contributed by atoms with Crippen LogP contribution in [-0.4, -0.2) is 30.4 Å². The second kappa shape index (κ2) is 5.89. The maximum atomic E-state index is 12.4. The highest BCUT2D eigenvalue weighted by Gasteiger charge is 2.17. The van der Waals surface area contributed by atoms with Gasteiger partial charge in [0.25, 0.3) is 5.91 Å². The van der Waals surface area contributed by atoms with Crippen LogP contribution in [0.1, 0.15) is 42.6 Å². The molecular weight excluding hydrogens is 224 g/mol. The van der Waals surface area contributed by atoms with Crippen molar-refractivity contribution in [2.75, 3.05) is 25.0 Å². The van der Waals surface area contributed by atoms with Crippen molar-refractivity contribution in [3.8, 4) is 0 Å². The van der Waals surface area contributed by atoms with Gasteiger partial charge in [0.05, 0.1) is 0 Å². The van der Waals surface area contributed by atoms with E-state index in [1.807, 2.05) is 17.0 Å². The minimum atomic E-state index is 0.174. The van der Waals surface area contributed by atoms with Crippen LogP contribution in [-0.2, 0) is 6.42 Å². The molecule has 1 amide bonds. The molecule has 0 bridgehead atoms. The van der Waals surface area contributed by atoms with Crippen LogP contribution in [0.5, 0.6) is 0 Å². The van der Waals surface area contributed by atoms with Gasteiger partial charge in [-0.25, -0.2) is 0 Å². The molecular formula is C15H22N2O. The van der Waals surface area contributed by atoms with Crippen LogP contribution in [0, 0.1) is 0 Å². The number of carbonyl (C=O) groups is 1. The van der Waals surface area contributed by atoms with Crippen LogP contribution < -0.4 is 5.32 Å². The van der Waals surface area contributed by atoms with Crippen LogP contribution >= 0.6 is 0 Å². The van der Waals surface area contributed by atoms with E-state index in [9.17, 15) is 4.79 Å². The normalized spacial score (nSPS) is 13.0. The topological polar surface area (TPSA) is 32.3 Å². The van der Waals surface area contributed by atoms with Crippen molar-refractivity contribution in [2.24, 2.45) is 0 Å². The largest absolute Gasteiger partial charge is 0.384 e. The Bertz CT molecular complexity index is 423. The van der Waals surface area contributed by atoms with Crippen molar-refractivity contribution < 1.29 is 4.79 Å². The van der Waals surface area contributed by atoms with Crippen molar-refractivity contribution in [3.63, 3.8) is 0 Å². The third kappa shape index (κ3) is 2.66. The fourth-order valence-corrected chi connectivity index (χ4v) is 2.48. The van der Waals surface area contributed by atoms with Crippen molar-refractivity contribution in [1.82, 2.24) is 4.90 Å². The average molecular weight is 246 g/mol. The lowest BCUT2D eigenvalue weighted by Crippen LogP contribution is -2.32. The first-order chi connectivity index (χ1) is 8.76. The molecule has 18 heavy (non-hydrogen) atoms. The summed E-state index contributed by atoms with van der Waals surface area (Å²) in [6.07, 6.45) is 3.05. The Kier molecular flexibility index (Phi) is 4.24. The van der Waals surface area contributed by atoms with E-state index in [1.165, 1.54) is 11.3 Å². The second-order valence-electron chi connectivity index (χ2n) is 4.84. The number of rotatable bonds is 5. The smallest absolute Gasteiger partial charge is 0.253 e. The van der Waals surface area contributed by atoms with Crippen LogP contribution in [0.25, 0.3) is 0 Å². The summed E-state index contributed by atoms with van der Waals surface area (Å²) >= 11 is 0. The number of nitrogens with zero attached hydrogens (tertiary/aromatic N) is 1. The quantitative estimate of drug-likeness (QED) is 0.866. The van der Waals surface area contributed by atoms with Crippen molar-refractivity contribution in [2.45, 2.75) is 33.1 Å². The molecule has 0 fully saturated rings. The first-order valence-electron chi connectivity index (χ1n) is 6.92.